The molecule has 7 nitrogen and oxygen atoms in total. The molecule has 1 atom stereocenters. The maximum absolute atomic E-state index is 9.46. The van der Waals surface area contributed by atoms with Gasteiger partial charge in [0, 0.05) is 37.5 Å². The number of aliphatic hydroxyl groups is 1. The molecular weight excluding hydrogens is 320 g/mol. The van der Waals surface area contributed by atoms with Crippen LogP contribution in [0.3, 0.4) is 0 Å². The zero-order valence-electron chi connectivity index (χ0n) is 14.1. The molecule has 1 N–H and O–H groups in total. The van der Waals surface area contributed by atoms with E-state index in [4.69, 9.17) is 13.9 Å². The van der Waals surface area contributed by atoms with E-state index >= 15 is 0 Å². The van der Waals surface area contributed by atoms with Gasteiger partial charge >= 0.3 is 0 Å². The monoisotopic (exact) mass is 340 g/mol. The Morgan fingerprint density at radius 2 is 2.32 bits per heavy atom. The van der Waals surface area contributed by atoms with Gasteiger partial charge in [-0.1, -0.05) is 5.16 Å². The molecule has 130 valence electrons. The number of furan rings is 1. The van der Waals surface area contributed by atoms with Crippen LogP contribution in [0.1, 0.15) is 18.5 Å². The van der Waals surface area contributed by atoms with Gasteiger partial charge in [0.2, 0.25) is 5.95 Å². The van der Waals surface area contributed by atoms with E-state index in [1.807, 2.05) is 19.1 Å². The molecule has 3 aromatic rings. The quantitative estimate of drug-likeness (QED) is 0.781. The highest BCUT2D eigenvalue weighted by Gasteiger charge is 2.23. The Bertz CT molecular complexity index is 844. The van der Waals surface area contributed by atoms with Crippen LogP contribution in [0.25, 0.3) is 22.6 Å². The van der Waals surface area contributed by atoms with Gasteiger partial charge in [-0.2, -0.15) is 0 Å². The van der Waals surface area contributed by atoms with E-state index in [1.165, 1.54) is 0 Å². The van der Waals surface area contributed by atoms with Gasteiger partial charge in [0.25, 0.3) is 0 Å². The summed E-state index contributed by atoms with van der Waals surface area (Å²) in [5, 5.41) is 13.4. The lowest BCUT2D eigenvalue weighted by atomic mass is 9.99. The van der Waals surface area contributed by atoms with Gasteiger partial charge in [-0.05, 0) is 31.7 Å². The first-order valence-corrected chi connectivity index (χ1v) is 8.43. The summed E-state index contributed by atoms with van der Waals surface area (Å²) in [6, 6.07) is 3.73. The third kappa shape index (κ3) is 3.15. The molecule has 1 aliphatic rings. The first-order valence-electron chi connectivity index (χ1n) is 8.43. The summed E-state index contributed by atoms with van der Waals surface area (Å²) < 4.78 is 10.6. The molecule has 0 bridgehead atoms. The van der Waals surface area contributed by atoms with E-state index in [0.29, 0.717) is 11.7 Å². The first kappa shape index (κ1) is 15.8. The molecule has 25 heavy (non-hydrogen) atoms. The summed E-state index contributed by atoms with van der Waals surface area (Å²) >= 11 is 0. The first-order chi connectivity index (χ1) is 12.2. The van der Waals surface area contributed by atoms with Crippen LogP contribution in [0, 0.1) is 12.8 Å². The highest BCUT2D eigenvalue weighted by atomic mass is 16.5. The van der Waals surface area contributed by atoms with E-state index < -0.39 is 0 Å². The third-order valence-corrected chi connectivity index (χ3v) is 4.52. The lowest BCUT2D eigenvalue weighted by Crippen LogP contribution is -2.37. The van der Waals surface area contributed by atoms with Crippen molar-refractivity contribution >= 4 is 5.95 Å². The van der Waals surface area contributed by atoms with Gasteiger partial charge in [-0.3, -0.25) is 0 Å². The Labute approximate surface area is 145 Å². The van der Waals surface area contributed by atoms with Crippen LogP contribution in [0.2, 0.25) is 0 Å². The number of nitrogens with zero attached hydrogens (tertiary/aromatic N) is 4. The van der Waals surface area contributed by atoms with E-state index in [-0.39, 0.29) is 12.5 Å². The fourth-order valence-electron chi connectivity index (χ4n) is 3.21. The van der Waals surface area contributed by atoms with Crippen molar-refractivity contribution in [1.82, 2.24) is 15.1 Å². The molecule has 1 saturated heterocycles. The fourth-order valence-corrected chi connectivity index (χ4v) is 3.21. The van der Waals surface area contributed by atoms with Crippen molar-refractivity contribution in [3.05, 3.63) is 36.5 Å². The van der Waals surface area contributed by atoms with Crippen molar-refractivity contribution in [1.29, 1.82) is 0 Å². The molecule has 7 heteroatoms. The van der Waals surface area contributed by atoms with E-state index in [9.17, 15) is 5.11 Å². The molecule has 0 unspecified atom stereocenters. The summed E-state index contributed by atoms with van der Waals surface area (Å²) in [6.07, 6.45) is 7.11. The number of hydrogen-bond donors (Lipinski definition) is 1. The largest absolute Gasteiger partial charge is 0.472 e. The van der Waals surface area contributed by atoms with Crippen LogP contribution in [-0.4, -0.2) is 39.9 Å². The summed E-state index contributed by atoms with van der Waals surface area (Å²) in [4.78, 5) is 11.4. The predicted molar refractivity (Wildman–Crippen MR) is 92.0 cm³/mol. The third-order valence-electron chi connectivity index (χ3n) is 4.52. The van der Waals surface area contributed by atoms with E-state index in [1.54, 1.807) is 18.7 Å². The Balaban J connectivity index is 1.75. The smallest absolute Gasteiger partial charge is 0.225 e. The topological polar surface area (TPSA) is 88.4 Å². The van der Waals surface area contributed by atoms with Crippen LogP contribution >= 0.6 is 0 Å². The standard InChI is InChI=1S/C18H20N4O3/c1-12-7-16(25-21-12)15-8-19-18(20-17(15)14-4-6-24-11-14)22-5-2-3-13(9-22)10-23/h4,6-8,11,13,23H,2-3,5,9-10H2,1H3/t13-/m1/s1. The zero-order chi connectivity index (χ0) is 17.2. The van der Waals surface area contributed by atoms with Crippen molar-refractivity contribution in [3.63, 3.8) is 0 Å². The average Bonchev–Trinajstić information content (AvgIpc) is 3.33. The maximum Gasteiger partial charge on any atom is 0.225 e. The molecule has 3 aromatic heterocycles. The van der Waals surface area contributed by atoms with Crippen molar-refractivity contribution in [2.75, 3.05) is 24.6 Å². The van der Waals surface area contributed by atoms with Gasteiger partial charge in [-0.25, -0.2) is 9.97 Å². The SMILES string of the molecule is Cc1cc(-c2cnc(N3CCC[C@@H](CO)C3)nc2-c2ccoc2)on1. The lowest BCUT2D eigenvalue weighted by Gasteiger charge is -2.32. The second-order valence-electron chi connectivity index (χ2n) is 6.41. The van der Waals surface area contributed by atoms with Crippen LogP contribution in [0.15, 0.2) is 39.8 Å². The highest BCUT2D eigenvalue weighted by molar-refractivity contribution is 5.78. The van der Waals surface area contributed by atoms with Crippen molar-refractivity contribution < 1.29 is 14.0 Å². The lowest BCUT2D eigenvalue weighted by molar-refractivity contribution is 0.208. The Kier molecular flexibility index (Phi) is 4.23. The van der Waals surface area contributed by atoms with E-state index in [2.05, 4.69) is 15.0 Å². The molecule has 1 fully saturated rings. The number of aromatic nitrogens is 3. The van der Waals surface area contributed by atoms with Crippen molar-refractivity contribution in [3.8, 4) is 22.6 Å². The maximum atomic E-state index is 9.46. The summed E-state index contributed by atoms with van der Waals surface area (Å²) in [7, 11) is 0. The minimum Gasteiger partial charge on any atom is -0.472 e. The molecule has 0 radical (unpaired) electrons. The van der Waals surface area contributed by atoms with Gasteiger partial charge < -0.3 is 18.9 Å². The predicted octanol–water partition coefficient (Wildman–Crippen LogP) is 2.91. The summed E-state index contributed by atoms with van der Waals surface area (Å²) in [5.74, 6) is 1.56. The highest BCUT2D eigenvalue weighted by Crippen LogP contribution is 2.32. The molecule has 0 aliphatic carbocycles. The minimum absolute atomic E-state index is 0.195. The summed E-state index contributed by atoms with van der Waals surface area (Å²) in [5.41, 5.74) is 3.20. The number of rotatable bonds is 4. The van der Waals surface area contributed by atoms with Crippen LogP contribution in [-0.2, 0) is 0 Å². The number of aliphatic hydroxyl groups excluding tert-OH is 1. The molecular formula is C18H20N4O3. The number of aryl methyl sites for hydroxylation is 1. The Morgan fingerprint density at radius 1 is 1.40 bits per heavy atom. The molecule has 0 amide bonds. The molecule has 0 spiro atoms. The molecule has 4 rings (SSSR count). The minimum atomic E-state index is 0.195. The van der Waals surface area contributed by atoms with Crippen molar-refractivity contribution in [2.45, 2.75) is 19.8 Å². The van der Waals surface area contributed by atoms with Gasteiger partial charge in [0.15, 0.2) is 5.76 Å². The van der Waals surface area contributed by atoms with Gasteiger partial charge in [0.1, 0.15) is 0 Å². The Morgan fingerprint density at radius 3 is 3.04 bits per heavy atom. The number of piperidine rings is 1. The number of anilines is 1. The molecule has 0 saturated carbocycles. The zero-order valence-corrected chi connectivity index (χ0v) is 14.1. The van der Waals surface area contributed by atoms with Gasteiger partial charge in [0.05, 0.1) is 29.5 Å². The van der Waals surface area contributed by atoms with Gasteiger partial charge in [-0.15, -0.1) is 0 Å². The van der Waals surface area contributed by atoms with Crippen LogP contribution in [0.5, 0.6) is 0 Å². The van der Waals surface area contributed by atoms with E-state index in [0.717, 1.165) is 48.4 Å². The normalized spacial score (nSPS) is 17.8. The van der Waals surface area contributed by atoms with Crippen LogP contribution < -0.4 is 4.90 Å². The average molecular weight is 340 g/mol. The summed E-state index contributed by atoms with van der Waals surface area (Å²) in [6.45, 7) is 3.73. The second-order valence-corrected chi connectivity index (χ2v) is 6.41. The molecule has 0 aromatic carbocycles. The number of hydrogen-bond acceptors (Lipinski definition) is 7. The second kappa shape index (κ2) is 6.68. The van der Waals surface area contributed by atoms with Crippen LogP contribution in [0.4, 0.5) is 5.95 Å². The molecule has 1 aliphatic heterocycles. The molecule has 4 heterocycles. The fraction of sp³-hybridized carbons (Fsp3) is 0.389. The van der Waals surface area contributed by atoms with Crippen molar-refractivity contribution in [2.24, 2.45) is 5.92 Å². The Hall–Kier alpha value is -2.67.